The van der Waals surface area contributed by atoms with Crippen LogP contribution < -0.4 is 0 Å². The third-order valence-corrected chi connectivity index (χ3v) is 5.28. The van der Waals surface area contributed by atoms with Gasteiger partial charge in [-0.15, -0.1) is 11.3 Å². The topological polar surface area (TPSA) is 45.9 Å². The van der Waals surface area contributed by atoms with Gasteiger partial charge in [-0.05, 0) is 25.0 Å². The van der Waals surface area contributed by atoms with Gasteiger partial charge < -0.3 is 4.74 Å². The Labute approximate surface area is 129 Å². The van der Waals surface area contributed by atoms with Crippen LogP contribution in [0, 0.1) is 11.3 Å². The van der Waals surface area contributed by atoms with Gasteiger partial charge in [-0.2, -0.15) is 5.26 Å². The minimum absolute atomic E-state index is 0.187. The highest BCUT2D eigenvalue weighted by Gasteiger charge is 2.36. The number of benzene rings is 1. The van der Waals surface area contributed by atoms with Gasteiger partial charge in [-0.25, -0.2) is 4.98 Å². The second kappa shape index (κ2) is 5.97. The Bertz CT molecular complexity index is 648. The molecule has 0 aliphatic heterocycles. The Morgan fingerprint density at radius 3 is 2.52 bits per heavy atom. The van der Waals surface area contributed by atoms with Crippen LogP contribution in [0.25, 0.3) is 11.3 Å². The van der Waals surface area contributed by atoms with Crippen molar-refractivity contribution >= 4 is 11.3 Å². The van der Waals surface area contributed by atoms with E-state index >= 15 is 0 Å². The molecule has 1 saturated carbocycles. The highest BCUT2D eigenvalue weighted by atomic mass is 32.1. The number of hydrogen-bond acceptors (Lipinski definition) is 4. The van der Waals surface area contributed by atoms with Crippen molar-refractivity contribution in [1.82, 2.24) is 4.98 Å². The SMILES string of the molecule is COC1(c2nc(-c3ccc(C#N)cc3)cs2)CCCCC1. The van der Waals surface area contributed by atoms with E-state index in [1.165, 1.54) is 19.3 Å². The number of rotatable bonds is 3. The van der Waals surface area contributed by atoms with Crippen LogP contribution in [0.5, 0.6) is 0 Å². The van der Waals surface area contributed by atoms with Crippen molar-refractivity contribution in [1.29, 1.82) is 5.26 Å². The number of nitriles is 1. The van der Waals surface area contributed by atoms with E-state index in [0.29, 0.717) is 5.56 Å². The predicted molar refractivity (Wildman–Crippen MR) is 84.0 cm³/mol. The lowest BCUT2D eigenvalue weighted by Gasteiger charge is -2.34. The average Bonchev–Trinajstić information content (AvgIpc) is 3.06. The highest BCUT2D eigenvalue weighted by Crippen LogP contribution is 2.42. The Balaban J connectivity index is 1.90. The first-order valence-corrected chi connectivity index (χ1v) is 8.17. The summed E-state index contributed by atoms with van der Waals surface area (Å²) in [5, 5.41) is 12.0. The number of methoxy groups -OCH3 is 1. The lowest BCUT2D eigenvalue weighted by Crippen LogP contribution is -2.30. The van der Waals surface area contributed by atoms with Crippen molar-refractivity contribution < 1.29 is 4.74 Å². The molecule has 1 fully saturated rings. The van der Waals surface area contributed by atoms with Crippen LogP contribution >= 0.6 is 11.3 Å². The van der Waals surface area contributed by atoms with Crippen LogP contribution in [-0.2, 0) is 10.3 Å². The molecule has 0 spiro atoms. The van der Waals surface area contributed by atoms with Gasteiger partial charge in [0.15, 0.2) is 0 Å². The molecule has 3 nitrogen and oxygen atoms in total. The molecule has 1 aromatic heterocycles. The molecule has 0 bridgehead atoms. The zero-order chi connectivity index (χ0) is 14.7. The molecular formula is C17H18N2OS. The second-order valence-corrected chi connectivity index (χ2v) is 6.34. The number of nitrogens with zero attached hydrogens (tertiary/aromatic N) is 2. The van der Waals surface area contributed by atoms with E-state index in [-0.39, 0.29) is 5.60 Å². The van der Waals surface area contributed by atoms with Crippen LogP contribution in [0.15, 0.2) is 29.6 Å². The van der Waals surface area contributed by atoms with Gasteiger partial charge in [0, 0.05) is 18.1 Å². The standard InChI is InChI=1S/C17H18N2OS/c1-20-17(9-3-2-4-10-17)16-19-15(12-21-16)14-7-5-13(11-18)6-8-14/h5-8,12H,2-4,9-10H2,1H3. The van der Waals surface area contributed by atoms with Gasteiger partial charge in [0.25, 0.3) is 0 Å². The van der Waals surface area contributed by atoms with Crippen LogP contribution in [0.2, 0.25) is 0 Å². The Hall–Kier alpha value is -1.70. The van der Waals surface area contributed by atoms with Gasteiger partial charge in [0.1, 0.15) is 10.6 Å². The zero-order valence-corrected chi connectivity index (χ0v) is 12.9. The maximum atomic E-state index is 8.86. The Morgan fingerprint density at radius 2 is 1.90 bits per heavy atom. The van der Waals surface area contributed by atoms with Crippen LogP contribution in [-0.4, -0.2) is 12.1 Å². The quantitative estimate of drug-likeness (QED) is 0.838. The maximum Gasteiger partial charge on any atom is 0.125 e. The van der Waals surface area contributed by atoms with Crippen molar-refractivity contribution in [2.45, 2.75) is 37.7 Å². The number of ether oxygens (including phenoxy) is 1. The predicted octanol–water partition coefficient (Wildman–Crippen LogP) is 4.49. The smallest absolute Gasteiger partial charge is 0.125 e. The molecule has 4 heteroatoms. The summed E-state index contributed by atoms with van der Waals surface area (Å²) in [4.78, 5) is 4.81. The summed E-state index contributed by atoms with van der Waals surface area (Å²) in [5.74, 6) is 0. The molecule has 1 aromatic carbocycles. The lowest BCUT2D eigenvalue weighted by atomic mass is 9.85. The monoisotopic (exact) mass is 298 g/mol. The number of hydrogen-bond donors (Lipinski definition) is 0. The third-order valence-electron chi connectivity index (χ3n) is 4.26. The molecule has 0 radical (unpaired) electrons. The summed E-state index contributed by atoms with van der Waals surface area (Å²) in [7, 11) is 1.80. The first-order valence-electron chi connectivity index (χ1n) is 7.29. The van der Waals surface area contributed by atoms with E-state index < -0.39 is 0 Å². The van der Waals surface area contributed by atoms with E-state index in [9.17, 15) is 0 Å². The zero-order valence-electron chi connectivity index (χ0n) is 12.1. The first-order chi connectivity index (χ1) is 10.3. The van der Waals surface area contributed by atoms with Gasteiger partial charge in [0.2, 0.25) is 0 Å². The molecule has 0 saturated heterocycles. The number of thiazole rings is 1. The highest BCUT2D eigenvalue weighted by molar-refractivity contribution is 7.10. The normalized spacial score (nSPS) is 17.3. The molecular weight excluding hydrogens is 280 g/mol. The first kappa shape index (κ1) is 14.2. The largest absolute Gasteiger partial charge is 0.371 e. The molecule has 0 unspecified atom stereocenters. The van der Waals surface area contributed by atoms with E-state index in [2.05, 4.69) is 11.4 Å². The summed E-state index contributed by atoms with van der Waals surface area (Å²) < 4.78 is 5.86. The lowest BCUT2D eigenvalue weighted by molar-refractivity contribution is -0.0445. The summed E-state index contributed by atoms with van der Waals surface area (Å²) in [6.07, 6.45) is 5.83. The van der Waals surface area contributed by atoms with Crippen molar-refractivity contribution in [3.8, 4) is 17.3 Å². The van der Waals surface area contributed by atoms with E-state index in [1.54, 1.807) is 18.4 Å². The molecule has 3 rings (SSSR count). The van der Waals surface area contributed by atoms with Crippen molar-refractivity contribution in [2.24, 2.45) is 0 Å². The molecule has 0 amide bonds. The molecule has 0 N–H and O–H groups in total. The molecule has 108 valence electrons. The molecule has 0 atom stereocenters. The van der Waals surface area contributed by atoms with Gasteiger partial charge in [0.05, 0.1) is 17.3 Å². The molecule has 2 aromatic rings. The van der Waals surface area contributed by atoms with Crippen LogP contribution in [0.1, 0.15) is 42.7 Å². The van der Waals surface area contributed by atoms with E-state index in [0.717, 1.165) is 29.1 Å². The second-order valence-electron chi connectivity index (χ2n) is 5.49. The van der Waals surface area contributed by atoms with Crippen LogP contribution in [0.3, 0.4) is 0 Å². The minimum atomic E-state index is -0.187. The van der Waals surface area contributed by atoms with Gasteiger partial charge in [-0.3, -0.25) is 0 Å². The third kappa shape index (κ3) is 2.72. The van der Waals surface area contributed by atoms with Crippen molar-refractivity contribution in [3.05, 3.63) is 40.2 Å². The molecule has 1 aliphatic rings. The molecule has 1 heterocycles. The Morgan fingerprint density at radius 1 is 1.19 bits per heavy atom. The molecule has 21 heavy (non-hydrogen) atoms. The minimum Gasteiger partial charge on any atom is -0.371 e. The summed E-state index contributed by atoms with van der Waals surface area (Å²) in [6.45, 7) is 0. The maximum absolute atomic E-state index is 8.86. The fraction of sp³-hybridized carbons (Fsp3) is 0.412. The summed E-state index contributed by atoms with van der Waals surface area (Å²) >= 11 is 1.68. The molecule has 1 aliphatic carbocycles. The van der Waals surface area contributed by atoms with Crippen molar-refractivity contribution in [2.75, 3.05) is 7.11 Å². The van der Waals surface area contributed by atoms with E-state index in [4.69, 9.17) is 15.0 Å². The van der Waals surface area contributed by atoms with Crippen molar-refractivity contribution in [3.63, 3.8) is 0 Å². The average molecular weight is 298 g/mol. The summed E-state index contributed by atoms with van der Waals surface area (Å²) in [5.41, 5.74) is 2.52. The van der Waals surface area contributed by atoms with Gasteiger partial charge in [-0.1, -0.05) is 31.4 Å². The Kier molecular flexibility index (Phi) is 4.05. The fourth-order valence-corrected chi connectivity index (χ4v) is 4.02. The van der Waals surface area contributed by atoms with Gasteiger partial charge >= 0.3 is 0 Å². The van der Waals surface area contributed by atoms with E-state index in [1.807, 2.05) is 24.3 Å². The summed E-state index contributed by atoms with van der Waals surface area (Å²) in [6, 6.07) is 9.72. The van der Waals surface area contributed by atoms with Crippen LogP contribution in [0.4, 0.5) is 0 Å². The fourth-order valence-electron chi connectivity index (χ4n) is 2.96. The number of aromatic nitrogens is 1.